The number of carbonyl (C=O) groups excluding carboxylic acids is 2. The molecule has 2 aliphatic rings. The first-order valence-electron chi connectivity index (χ1n) is 16.5. The van der Waals surface area contributed by atoms with Crippen molar-refractivity contribution in [1.29, 1.82) is 0 Å². The molecule has 2 heterocycles. The van der Waals surface area contributed by atoms with E-state index in [9.17, 15) is 9.59 Å². The normalized spacial score (nSPS) is 18.7. The number of nitrogens with one attached hydrogen (secondary N) is 1. The van der Waals surface area contributed by atoms with Crippen LogP contribution in [0.5, 0.6) is 0 Å². The molecule has 0 bridgehead atoms. The SMILES string of the molecule is CC(C)(C)OC(=O)Nc1ccc(B2OC(C)(C)C(C)(C)O2)cc1.CI.CN(C(=O)OC(C)(C)C)c1ccc(B2OC(C)(C)C(C)(C)O2)cc1. The molecule has 0 aliphatic carbocycles. The fourth-order valence-electron chi connectivity index (χ4n) is 4.39. The van der Waals surface area contributed by atoms with Crippen molar-refractivity contribution < 1.29 is 37.7 Å². The van der Waals surface area contributed by atoms with Gasteiger partial charge in [0, 0.05) is 18.4 Å². The topological polar surface area (TPSA) is 105 Å². The second kappa shape index (κ2) is 15.9. The van der Waals surface area contributed by atoms with E-state index in [1.54, 1.807) is 7.05 Å². The van der Waals surface area contributed by atoms with Gasteiger partial charge in [0.05, 0.1) is 22.4 Å². The number of carbonyl (C=O) groups is 2. The lowest BCUT2D eigenvalue weighted by Gasteiger charge is -2.32. The molecule has 0 aromatic heterocycles. The molecule has 2 saturated heterocycles. The van der Waals surface area contributed by atoms with Crippen molar-refractivity contribution >= 4 is 71.3 Å². The molecule has 2 aliphatic heterocycles. The van der Waals surface area contributed by atoms with Crippen LogP contribution in [0.3, 0.4) is 0 Å². The van der Waals surface area contributed by atoms with Gasteiger partial charge in [-0.25, -0.2) is 9.59 Å². The summed E-state index contributed by atoms with van der Waals surface area (Å²) < 4.78 is 34.7. The van der Waals surface area contributed by atoms with Crippen LogP contribution in [-0.2, 0) is 28.1 Å². The Morgan fingerprint density at radius 3 is 1.29 bits per heavy atom. The summed E-state index contributed by atoms with van der Waals surface area (Å²) in [5.41, 5.74) is 0.738. The van der Waals surface area contributed by atoms with E-state index < -0.39 is 31.5 Å². The average Bonchev–Trinajstić information content (AvgIpc) is 3.32. The molecule has 4 rings (SSSR count). The molecule has 0 saturated carbocycles. The molecule has 13 heteroatoms. The van der Waals surface area contributed by atoms with Crippen molar-refractivity contribution in [1.82, 2.24) is 0 Å². The summed E-state index contributed by atoms with van der Waals surface area (Å²) in [4.78, 5) is 27.3. The van der Waals surface area contributed by atoms with E-state index in [0.717, 1.165) is 16.6 Å². The molecule has 49 heavy (non-hydrogen) atoms. The monoisotopic (exact) mass is 794 g/mol. The van der Waals surface area contributed by atoms with Crippen LogP contribution >= 0.6 is 22.6 Å². The van der Waals surface area contributed by atoms with Crippen LogP contribution in [0.1, 0.15) is 96.9 Å². The number of amides is 2. The molecule has 2 amide bonds. The highest BCUT2D eigenvalue weighted by atomic mass is 127. The van der Waals surface area contributed by atoms with Crippen LogP contribution in [0.25, 0.3) is 0 Å². The summed E-state index contributed by atoms with van der Waals surface area (Å²) in [5.74, 6) is 0. The van der Waals surface area contributed by atoms with E-state index in [2.05, 4.69) is 27.9 Å². The van der Waals surface area contributed by atoms with E-state index in [1.807, 2.05) is 150 Å². The summed E-state index contributed by atoms with van der Waals surface area (Å²) in [5, 5.41) is 2.71. The fourth-order valence-corrected chi connectivity index (χ4v) is 4.39. The molecule has 2 aromatic carbocycles. The highest BCUT2D eigenvalue weighted by Crippen LogP contribution is 2.37. The largest absolute Gasteiger partial charge is 0.494 e. The fraction of sp³-hybridized carbons (Fsp3) is 0.611. The van der Waals surface area contributed by atoms with Crippen LogP contribution in [0.15, 0.2) is 48.5 Å². The molecule has 272 valence electrons. The van der Waals surface area contributed by atoms with Crippen molar-refractivity contribution in [2.45, 2.75) is 131 Å². The Kier molecular flexibility index (Phi) is 13.9. The minimum absolute atomic E-state index is 0.370. The molecular weight excluding hydrogens is 737 g/mol. The van der Waals surface area contributed by atoms with E-state index in [-0.39, 0.29) is 28.5 Å². The van der Waals surface area contributed by atoms with Gasteiger partial charge in [0.1, 0.15) is 11.2 Å². The summed E-state index contributed by atoms with van der Waals surface area (Å²) in [7, 11) is 0.879. The third-order valence-corrected chi connectivity index (χ3v) is 8.55. The lowest BCUT2D eigenvalue weighted by atomic mass is 9.79. The minimum Gasteiger partial charge on any atom is -0.444 e. The van der Waals surface area contributed by atoms with Crippen LogP contribution in [0.2, 0.25) is 0 Å². The van der Waals surface area contributed by atoms with Crippen molar-refractivity contribution in [3.8, 4) is 0 Å². The van der Waals surface area contributed by atoms with Gasteiger partial charge in [0.25, 0.3) is 0 Å². The molecule has 0 unspecified atom stereocenters. The van der Waals surface area contributed by atoms with Gasteiger partial charge in [-0.15, -0.1) is 0 Å². The van der Waals surface area contributed by atoms with E-state index in [0.29, 0.717) is 5.69 Å². The van der Waals surface area contributed by atoms with Crippen LogP contribution in [0, 0.1) is 0 Å². The Bertz CT molecular complexity index is 1370. The summed E-state index contributed by atoms with van der Waals surface area (Å²) in [6.07, 6.45) is -0.855. The Morgan fingerprint density at radius 2 is 0.959 bits per heavy atom. The molecule has 0 atom stereocenters. The maximum atomic E-state index is 12.1. The number of benzene rings is 2. The number of rotatable bonds is 4. The Balaban J connectivity index is 0.000000324. The number of hydrogen-bond donors (Lipinski definition) is 1. The predicted molar refractivity (Wildman–Crippen MR) is 209 cm³/mol. The van der Waals surface area contributed by atoms with Crippen LogP contribution in [0.4, 0.5) is 21.0 Å². The molecule has 2 aromatic rings. The van der Waals surface area contributed by atoms with E-state index >= 15 is 0 Å². The zero-order valence-electron chi connectivity index (χ0n) is 32.4. The molecular formula is C36H57B2IN2O8. The first-order chi connectivity index (χ1) is 22.2. The first-order valence-corrected chi connectivity index (χ1v) is 18.6. The van der Waals surface area contributed by atoms with Gasteiger partial charge in [0.15, 0.2) is 0 Å². The lowest BCUT2D eigenvalue weighted by Crippen LogP contribution is -2.41. The zero-order valence-corrected chi connectivity index (χ0v) is 34.5. The van der Waals surface area contributed by atoms with Gasteiger partial charge in [-0.3, -0.25) is 10.2 Å². The smallest absolute Gasteiger partial charge is 0.444 e. The number of alkyl halides is 1. The number of nitrogens with zero attached hydrogens (tertiary/aromatic N) is 1. The zero-order chi connectivity index (χ0) is 37.8. The van der Waals surface area contributed by atoms with Crippen LogP contribution in [-0.4, -0.2) is 72.0 Å². The van der Waals surface area contributed by atoms with Gasteiger partial charge in [-0.1, -0.05) is 46.9 Å². The van der Waals surface area contributed by atoms with Gasteiger partial charge >= 0.3 is 26.4 Å². The number of anilines is 2. The van der Waals surface area contributed by atoms with Gasteiger partial charge in [0.2, 0.25) is 0 Å². The van der Waals surface area contributed by atoms with Crippen molar-refractivity contribution in [3.63, 3.8) is 0 Å². The van der Waals surface area contributed by atoms with Crippen molar-refractivity contribution in [2.75, 3.05) is 22.2 Å². The second-order valence-corrected chi connectivity index (χ2v) is 16.1. The highest BCUT2D eigenvalue weighted by molar-refractivity contribution is 14.1. The predicted octanol–water partition coefficient (Wildman–Crippen LogP) is 7.74. The van der Waals surface area contributed by atoms with Crippen LogP contribution < -0.4 is 21.1 Å². The third kappa shape index (κ3) is 11.9. The molecule has 0 spiro atoms. The molecule has 10 nitrogen and oxygen atoms in total. The van der Waals surface area contributed by atoms with Crippen molar-refractivity contribution in [3.05, 3.63) is 48.5 Å². The molecule has 1 N–H and O–H groups in total. The second-order valence-electron chi connectivity index (χ2n) is 16.1. The van der Waals surface area contributed by atoms with Gasteiger partial charge in [-0.2, -0.15) is 0 Å². The third-order valence-electron chi connectivity index (χ3n) is 8.55. The Morgan fingerprint density at radius 1 is 0.633 bits per heavy atom. The lowest BCUT2D eigenvalue weighted by molar-refractivity contribution is 0.00578. The Labute approximate surface area is 309 Å². The quantitative estimate of drug-likeness (QED) is 0.191. The Hall–Kier alpha value is -2.32. The first kappa shape index (κ1) is 42.8. The molecule has 2 fully saturated rings. The number of hydrogen-bond acceptors (Lipinski definition) is 8. The summed E-state index contributed by atoms with van der Waals surface area (Å²) in [6, 6.07) is 14.9. The number of ether oxygens (including phenoxy) is 2. The average molecular weight is 794 g/mol. The van der Waals surface area contributed by atoms with Crippen molar-refractivity contribution in [2.24, 2.45) is 0 Å². The summed E-state index contributed by atoms with van der Waals surface area (Å²) in [6.45, 7) is 27.2. The number of halogens is 1. The highest BCUT2D eigenvalue weighted by Gasteiger charge is 2.52. The summed E-state index contributed by atoms with van der Waals surface area (Å²) >= 11 is 2.15. The molecule has 0 radical (unpaired) electrons. The maximum absolute atomic E-state index is 12.1. The van der Waals surface area contributed by atoms with Gasteiger partial charge in [-0.05, 0) is 137 Å². The van der Waals surface area contributed by atoms with E-state index in [4.69, 9.17) is 28.1 Å². The van der Waals surface area contributed by atoms with E-state index in [1.165, 1.54) is 4.90 Å². The maximum Gasteiger partial charge on any atom is 0.494 e. The van der Waals surface area contributed by atoms with Gasteiger partial charge < -0.3 is 28.1 Å². The standard InChI is InChI=1S/C18H28BNO4.C17H26BNO4.CH3I/c1-16(2,3)22-15(21)20(8)14-11-9-13(10-12-14)19-23-17(4,5)18(6,7)24-19;1-15(2,3)21-14(20)19-13-10-8-12(9-11-13)18-22-16(4,5)17(6,7)23-18;1-2/h9-12H,1-8H3;8-11H,1-7H3,(H,19,20);1H3. The minimum atomic E-state index is -0.521.